The average Bonchev–Trinajstić information content (AvgIpc) is 2.23. The van der Waals surface area contributed by atoms with Gasteiger partial charge in [-0.3, -0.25) is 0 Å². The maximum atomic E-state index is 5.30. The van der Waals surface area contributed by atoms with Gasteiger partial charge in [0.1, 0.15) is 6.61 Å². The van der Waals surface area contributed by atoms with Crippen LogP contribution in [-0.2, 0) is 14.2 Å². The lowest BCUT2D eigenvalue weighted by Crippen LogP contribution is -1.93. The lowest BCUT2D eigenvalue weighted by Gasteiger charge is -2.03. The smallest absolute Gasteiger partial charge is 0.109 e. The predicted octanol–water partition coefficient (Wildman–Crippen LogP) is 2.11. The summed E-state index contributed by atoms with van der Waals surface area (Å²) in [6.45, 7) is 3.47. The fourth-order valence-electron chi connectivity index (χ4n) is 0.754. The minimum Gasteiger partial charge on any atom is -0.497 e. The van der Waals surface area contributed by atoms with Gasteiger partial charge < -0.3 is 14.2 Å². The molecule has 0 radical (unpaired) electrons. The van der Waals surface area contributed by atoms with Crippen LogP contribution in [0.2, 0.25) is 0 Å². The minimum atomic E-state index is 0.488. The van der Waals surface area contributed by atoms with Crippen LogP contribution in [0, 0.1) is 12.3 Å². The molecule has 0 amide bonds. The molecule has 0 heterocycles. The molecule has 0 rings (SSSR count). The van der Waals surface area contributed by atoms with Gasteiger partial charge in [0, 0.05) is 13.5 Å². The van der Waals surface area contributed by atoms with Crippen molar-refractivity contribution in [1.29, 1.82) is 0 Å². The van der Waals surface area contributed by atoms with E-state index >= 15 is 0 Å². The molecule has 84 valence electrons. The zero-order chi connectivity index (χ0) is 11.4. The molecule has 0 aliphatic carbocycles. The molecule has 3 heteroatoms. The summed E-state index contributed by atoms with van der Waals surface area (Å²) < 4.78 is 15.3. The van der Waals surface area contributed by atoms with Gasteiger partial charge in [-0.25, -0.2) is 0 Å². The number of terminal acetylenes is 1. The quantitative estimate of drug-likeness (QED) is 0.349. The van der Waals surface area contributed by atoms with E-state index in [1.807, 2.05) is 13.0 Å². The molecular formula is C12H18O3. The van der Waals surface area contributed by atoms with E-state index in [0.717, 1.165) is 5.76 Å². The SMILES string of the molecule is C#CCCO/C(C)=C/CO/C=C/COC. The highest BCUT2D eigenvalue weighted by atomic mass is 16.5. The first-order valence-corrected chi connectivity index (χ1v) is 4.79. The minimum absolute atomic E-state index is 0.488. The average molecular weight is 210 g/mol. The molecule has 0 fully saturated rings. The molecule has 0 atom stereocenters. The number of hydrogen-bond donors (Lipinski definition) is 0. The van der Waals surface area contributed by atoms with E-state index in [1.165, 1.54) is 0 Å². The third kappa shape index (κ3) is 10.5. The van der Waals surface area contributed by atoms with Crippen LogP contribution in [0.4, 0.5) is 0 Å². The zero-order valence-corrected chi connectivity index (χ0v) is 9.36. The summed E-state index contributed by atoms with van der Waals surface area (Å²) >= 11 is 0. The Bertz CT molecular complexity index is 236. The molecule has 15 heavy (non-hydrogen) atoms. The Kier molecular flexibility index (Phi) is 9.68. The summed E-state index contributed by atoms with van der Waals surface area (Å²) in [5, 5.41) is 0. The maximum absolute atomic E-state index is 5.30. The van der Waals surface area contributed by atoms with Crippen LogP contribution >= 0.6 is 0 Å². The molecule has 0 spiro atoms. The van der Waals surface area contributed by atoms with Crippen molar-refractivity contribution >= 4 is 0 Å². The highest BCUT2D eigenvalue weighted by Gasteiger charge is 1.88. The Hall–Kier alpha value is -1.40. The molecule has 0 N–H and O–H groups in total. The Morgan fingerprint density at radius 3 is 2.87 bits per heavy atom. The Labute approximate surface area is 91.7 Å². The first-order valence-electron chi connectivity index (χ1n) is 4.79. The second-order valence-corrected chi connectivity index (χ2v) is 2.78. The van der Waals surface area contributed by atoms with E-state index in [0.29, 0.717) is 26.2 Å². The van der Waals surface area contributed by atoms with Gasteiger partial charge >= 0.3 is 0 Å². The molecule has 3 nitrogen and oxygen atoms in total. The van der Waals surface area contributed by atoms with Crippen LogP contribution in [0.25, 0.3) is 0 Å². The number of allylic oxidation sites excluding steroid dienone is 1. The lowest BCUT2D eigenvalue weighted by atomic mass is 10.4. The first kappa shape index (κ1) is 13.6. The molecule has 0 bridgehead atoms. The zero-order valence-electron chi connectivity index (χ0n) is 9.36. The predicted molar refractivity (Wildman–Crippen MR) is 60.1 cm³/mol. The Morgan fingerprint density at radius 1 is 1.40 bits per heavy atom. The second-order valence-electron chi connectivity index (χ2n) is 2.78. The van der Waals surface area contributed by atoms with Gasteiger partial charge in [-0.1, -0.05) is 0 Å². The van der Waals surface area contributed by atoms with Crippen LogP contribution in [0.15, 0.2) is 24.2 Å². The molecule has 0 aromatic heterocycles. The van der Waals surface area contributed by atoms with Crippen LogP contribution in [0.3, 0.4) is 0 Å². The molecule has 0 aliphatic rings. The van der Waals surface area contributed by atoms with Crippen molar-refractivity contribution in [3.8, 4) is 12.3 Å². The summed E-state index contributed by atoms with van der Waals surface area (Å²) in [4.78, 5) is 0. The molecule has 0 saturated heterocycles. The second kappa shape index (κ2) is 10.7. The van der Waals surface area contributed by atoms with Crippen molar-refractivity contribution in [3.05, 3.63) is 24.2 Å². The van der Waals surface area contributed by atoms with Crippen molar-refractivity contribution in [1.82, 2.24) is 0 Å². The monoisotopic (exact) mass is 210 g/mol. The fourth-order valence-corrected chi connectivity index (χ4v) is 0.754. The van der Waals surface area contributed by atoms with E-state index in [-0.39, 0.29) is 0 Å². The van der Waals surface area contributed by atoms with Gasteiger partial charge in [0.2, 0.25) is 0 Å². The van der Waals surface area contributed by atoms with Gasteiger partial charge in [0.15, 0.2) is 0 Å². The van der Waals surface area contributed by atoms with Gasteiger partial charge in [0.25, 0.3) is 0 Å². The highest BCUT2D eigenvalue weighted by molar-refractivity contribution is 4.90. The fraction of sp³-hybridized carbons (Fsp3) is 0.500. The Balaban J connectivity index is 3.45. The number of rotatable bonds is 8. The van der Waals surface area contributed by atoms with Crippen molar-refractivity contribution < 1.29 is 14.2 Å². The van der Waals surface area contributed by atoms with E-state index < -0.39 is 0 Å². The van der Waals surface area contributed by atoms with Gasteiger partial charge in [-0.15, -0.1) is 12.3 Å². The number of hydrogen-bond acceptors (Lipinski definition) is 3. The molecule has 0 saturated carbocycles. The molecule has 0 aliphatic heterocycles. The molecular weight excluding hydrogens is 192 g/mol. The summed E-state index contributed by atoms with van der Waals surface area (Å²) in [5.74, 6) is 3.33. The third-order valence-corrected chi connectivity index (χ3v) is 1.50. The van der Waals surface area contributed by atoms with E-state index in [1.54, 1.807) is 19.4 Å². The maximum Gasteiger partial charge on any atom is 0.109 e. The van der Waals surface area contributed by atoms with Crippen LogP contribution in [0.1, 0.15) is 13.3 Å². The topological polar surface area (TPSA) is 27.7 Å². The van der Waals surface area contributed by atoms with E-state index in [4.69, 9.17) is 20.6 Å². The summed E-state index contributed by atoms with van der Waals surface area (Å²) in [5.41, 5.74) is 0. The standard InChI is InChI=1S/C12H18O3/c1-4-5-10-15-12(2)7-11-14-9-6-8-13-3/h1,6-7,9H,5,8,10-11H2,2-3H3/b9-6+,12-7+. The number of methoxy groups -OCH3 is 1. The van der Waals surface area contributed by atoms with E-state index in [2.05, 4.69) is 5.92 Å². The van der Waals surface area contributed by atoms with Crippen molar-refractivity contribution in [2.24, 2.45) is 0 Å². The molecule has 0 aromatic rings. The van der Waals surface area contributed by atoms with Crippen LogP contribution < -0.4 is 0 Å². The largest absolute Gasteiger partial charge is 0.497 e. The number of ether oxygens (including phenoxy) is 3. The van der Waals surface area contributed by atoms with Crippen LogP contribution in [-0.4, -0.2) is 26.9 Å². The molecule has 0 unspecified atom stereocenters. The van der Waals surface area contributed by atoms with Crippen LogP contribution in [0.5, 0.6) is 0 Å². The third-order valence-electron chi connectivity index (χ3n) is 1.50. The Morgan fingerprint density at radius 2 is 2.20 bits per heavy atom. The van der Waals surface area contributed by atoms with Crippen molar-refractivity contribution in [2.75, 3.05) is 26.9 Å². The first-order chi connectivity index (χ1) is 7.31. The lowest BCUT2D eigenvalue weighted by molar-refractivity contribution is 0.210. The summed E-state index contributed by atoms with van der Waals surface area (Å²) in [6, 6.07) is 0. The highest BCUT2D eigenvalue weighted by Crippen LogP contribution is 1.96. The van der Waals surface area contributed by atoms with Crippen molar-refractivity contribution in [2.45, 2.75) is 13.3 Å². The normalized spacial score (nSPS) is 11.4. The van der Waals surface area contributed by atoms with E-state index in [9.17, 15) is 0 Å². The van der Waals surface area contributed by atoms with Gasteiger partial charge in [-0.2, -0.15) is 0 Å². The molecule has 0 aromatic carbocycles. The van der Waals surface area contributed by atoms with Gasteiger partial charge in [-0.05, 0) is 19.1 Å². The summed E-state index contributed by atoms with van der Waals surface area (Å²) in [7, 11) is 1.63. The van der Waals surface area contributed by atoms with Crippen molar-refractivity contribution in [3.63, 3.8) is 0 Å². The summed E-state index contributed by atoms with van der Waals surface area (Å²) in [6.07, 6.45) is 11.0. The van der Waals surface area contributed by atoms with Gasteiger partial charge in [0.05, 0.1) is 25.2 Å².